The lowest BCUT2D eigenvalue weighted by molar-refractivity contribution is -0.129. The third-order valence-corrected chi connectivity index (χ3v) is 8.21. The number of ether oxygens (including phenoxy) is 1. The lowest BCUT2D eigenvalue weighted by atomic mass is 9.92. The van der Waals surface area contributed by atoms with Crippen LogP contribution in [0.4, 0.5) is 5.69 Å². The van der Waals surface area contributed by atoms with Crippen molar-refractivity contribution in [1.82, 2.24) is 10.6 Å². The number of hydrogen-bond donors (Lipinski definition) is 2. The topological polar surface area (TPSA) is 70.7 Å². The molecule has 3 aromatic rings. The molecule has 5 rings (SSSR count). The van der Waals surface area contributed by atoms with Crippen molar-refractivity contribution in [1.29, 1.82) is 0 Å². The van der Waals surface area contributed by atoms with Crippen LogP contribution in [-0.2, 0) is 22.6 Å². The second kappa shape index (κ2) is 11.2. The molecule has 1 aliphatic heterocycles. The molecule has 3 aromatic carbocycles. The van der Waals surface area contributed by atoms with Gasteiger partial charge in [-0.1, -0.05) is 59.6 Å². The van der Waals surface area contributed by atoms with E-state index in [2.05, 4.69) is 44.8 Å². The minimum Gasteiger partial charge on any atom is -0.496 e. The van der Waals surface area contributed by atoms with Gasteiger partial charge >= 0.3 is 0 Å². The zero-order valence-corrected chi connectivity index (χ0v) is 23.0. The van der Waals surface area contributed by atoms with Gasteiger partial charge in [0.1, 0.15) is 11.8 Å². The molecule has 0 spiro atoms. The zero-order chi connectivity index (χ0) is 25.9. The van der Waals surface area contributed by atoms with E-state index in [-0.39, 0.29) is 17.9 Å². The van der Waals surface area contributed by atoms with E-state index in [0.717, 1.165) is 57.1 Å². The molecule has 0 aromatic heterocycles. The van der Waals surface area contributed by atoms with E-state index in [1.807, 2.05) is 48.2 Å². The number of nitrogens with zero attached hydrogens (tertiary/aromatic N) is 1. The maximum absolute atomic E-state index is 14.1. The van der Waals surface area contributed by atoms with Crippen molar-refractivity contribution in [3.8, 4) is 5.75 Å². The van der Waals surface area contributed by atoms with E-state index in [4.69, 9.17) is 4.74 Å². The number of anilines is 1. The fourth-order valence-corrected chi connectivity index (χ4v) is 5.76. The summed E-state index contributed by atoms with van der Waals surface area (Å²) in [5.74, 6) is 0.555. The van der Waals surface area contributed by atoms with Gasteiger partial charge in [-0.2, -0.15) is 0 Å². The minimum absolute atomic E-state index is 0.0898. The molecule has 2 aliphatic rings. The Bertz CT molecular complexity index is 1310. The van der Waals surface area contributed by atoms with Gasteiger partial charge in [0.2, 0.25) is 11.8 Å². The fourth-order valence-electron chi connectivity index (χ4n) is 5.38. The molecule has 7 heteroatoms. The second-order valence-corrected chi connectivity index (χ2v) is 10.9. The Balaban J connectivity index is 1.47. The van der Waals surface area contributed by atoms with Crippen LogP contribution in [0.5, 0.6) is 5.75 Å². The number of benzene rings is 3. The molecule has 1 fully saturated rings. The van der Waals surface area contributed by atoms with E-state index < -0.39 is 6.04 Å². The maximum atomic E-state index is 14.1. The first-order valence-corrected chi connectivity index (χ1v) is 14.0. The number of hydrogen-bond acceptors (Lipinski definition) is 4. The lowest BCUT2D eigenvalue weighted by Crippen LogP contribution is -2.55. The average molecular weight is 565 g/mol. The number of carbonyl (C=O) groups is 2. The van der Waals surface area contributed by atoms with Crippen molar-refractivity contribution in [3.63, 3.8) is 0 Å². The van der Waals surface area contributed by atoms with Crippen molar-refractivity contribution >= 4 is 44.2 Å². The van der Waals surface area contributed by atoms with Crippen LogP contribution in [0.3, 0.4) is 0 Å². The molecule has 2 unspecified atom stereocenters. The van der Waals surface area contributed by atoms with E-state index >= 15 is 0 Å². The number of fused-ring (bicyclic) bond motifs is 2. The Morgan fingerprint density at radius 2 is 1.95 bits per heavy atom. The summed E-state index contributed by atoms with van der Waals surface area (Å²) >= 11 is 3.56. The Morgan fingerprint density at radius 3 is 2.68 bits per heavy atom. The van der Waals surface area contributed by atoms with Crippen LogP contribution in [0.15, 0.2) is 59.1 Å². The molecule has 0 radical (unpaired) electrons. The first kappa shape index (κ1) is 25.7. The van der Waals surface area contributed by atoms with Gasteiger partial charge in [-0.25, -0.2) is 0 Å². The number of methoxy groups -OCH3 is 1. The predicted molar refractivity (Wildman–Crippen MR) is 151 cm³/mol. The number of rotatable bonds is 8. The molecule has 37 heavy (non-hydrogen) atoms. The first-order chi connectivity index (χ1) is 18.0. The molecule has 2 atom stereocenters. The summed E-state index contributed by atoms with van der Waals surface area (Å²) in [5.41, 5.74) is 2.94. The molecule has 0 bridgehead atoms. The highest BCUT2D eigenvalue weighted by molar-refractivity contribution is 9.10. The number of nitrogens with one attached hydrogen (secondary N) is 2. The molecular weight excluding hydrogens is 530 g/mol. The van der Waals surface area contributed by atoms with Crippen LogP contribution in [0.2, 0.25) is 0 Å². The standard InChI is InChI=1S/C30H34BrN3O3/c1-3-25(32-22-8-6-9-22)29(35)33-26-15-11-19-7-4-5-10-27(19)34(30(26)36)18-24-23-14-13-21(31)17-20(23)12-16-28(24)37-2/h4-5,7,10,12-14,16-17,22,25-26,32H,3,6,8-9,11,15,18H2,1-2H3,(H,33,35). The molecule has 194 valence electrons. The highest BCUT2D eigenvalue weighted by atomic mass is 79.9. The summed E-state index contributed by atoms with van der Waals surface area (Å²) in [6, 6.07) is 17.7. The van der Waals surface area contributed by atoms with Gasteiger partial charge in [-0.05, 0) is 72.7 Å². The van der Waals surface area contributed by atoms with Gasteiger partial charge in [0.25, 0.3) is 0 Å². The summed E-state index contributed by atoms with van der Waals surface area (Å²) in [4.78, 5) is 29.2. The normalized spacial score (nSPS) is 18.6. The van der Waals surface area contributed by atoms with Crippen molar-refractivity contribution in [2.75, 3.05) is 12.0 Å². The molecule has 1 heterocycles. The number of carbonyl (C=O) groups excluding carboxylic acids is 2. The van der Waals surface area contributed by atoms with Gasteiger partial charge in [0, 0.05) is 21.8 Å². The predicted octanol–water partition coefficient (Wildman–Crippen LogP) is 5.50. The Kier molecular flexibility index (Phi) is 7.81. The highest BCUT2D eigenvalue weighted by Gasteiger charge is 2.34. The van der Waals surface area contributed by atoms with Crippen molar-refractivity contribution in [3.05, 3.63) is 70.2 Å². The van der Waals surface area contributed by atoms with Crippen LogP contribution in [0, 0.1) is 0 Å². The fraction of sp³-hybridized carbons (Fsp3) is 0.400. The Hall–Kier alpha value is -2.90. The van der Waals surface area contributed by atoms with Crippen LogP contribution < -0.4 is 20.3 Å². The third-order valence-electron chi connectivity index (χ3n) is 7.72. The van der Waals surface area contributed by atoms with Gasteiger partial charge in [0.15, 0.2) is 0 Å². The van der Waals surface area contributed by atoms with E-state index in [1.165, 1.54) is 6.42 Å². The van der Waals surface area contributed by atoms with Crippen LogP contribution >= 0.6 is 15.9 Å². The molecule has 6 nitrogen and oxygen atoms in total. The Morgan fingerprint density at radius 1 is 1.14 bits per heavy atom. The molecule has 1 aliphatic carbocycles. The van der Waals surface area contributed by atoms with Crippen molar-refractivity contribution < 1.29 is 14.3 Å². The summed E-state index contributed by atoms with van der Waals surface area (Å²) in [6.45, 7) is 2.36. The smallest absolute Gasteiger partial charge is 0.249 e. The first-order valence-electron chi connectivity index (χ1n) is 13.2. The quantitative estimate of drug-likeness (QED) is 0.380. The lowest BCUT2D eigenvalue weighted by Gasteiger charge is -2.32. The molecule has 2 N–H and O–H groups in total. The van der Waals surface area contributed by atoms with Crippen molar-refractivity contribution in [2.45, 2.75) is 70.1 Å². The maximum Gasteiger partial charge on any atom is 0.249 e. The summed E-state index contributed by atoms with van der Waals surface area (Å²) in [6.07, 6.45) is 5.40. The van der Waals surface area contributed by atoms with E-state index in [9.17, 15) is 9.59 Å². The largest absolute Gasteiger partial charge is 0.496 e. The highest BCUT2D eigenvalue weighted by Crippen LogP contribution is 2.35. The van der Waals surface area contributed by atoms with Crippen LogP contribution in [0.25, 0.3) is 10.8 Å². The average Bonchev–Trinajstić information content (AvgIpc) is 3.00. The summed E-state index contributed by atoms with van der Waals surface area (Å²) < 4.78 is 6.74. The van der Waals surface area contributed by atoms with Crippen LogP contribution in [0.1, 0.15) is 50.2 Å². The van der Waals surface area contributed by atoms with Crippen molar-refractivity contribution in [2.24, 2.45) is 0 Å². The molecule has 2 amide bonds. The van der Waals surface area contributed by atoms with Gasteiger partial charge in [-0.15, -0.1) is 0 Å². The molecular formula is C30H34BrN3O3. The minimum atomic E-state index is -0.591. The van der Waals surface area contributed by atoms with E-state index in [1.54, 1.807) is 7.11 Å². The number of aryl methyl sites for hydroxylation is 1. The van der Waals surface area contributed by atoms with Crippen LogP contribution in [-0.4, -0.2) is 37.0 Å². The molecule has 0 saturated heterocycles. The van der Waals surface area contributed by atoms with E-state index in [0.29, 0.717) is 25.4 Å². The monoisotopic (exact) mass is 563 g/mol. The number of halogens is 1. The Labute approximate surface area is 226 Å². The van der Waals surface area contributed by atoms with Gasteiger partial charge in [0.05, 0.1) is 19.7 Å². The third kappa shape index (κ3) is 5.39. The van der Waals surface area contributed by atoms with Gasteiger partial charge in [-0.3, -0.25) is 9.59 Å². The SMILES string of the molecule is CCC(NC1CCC1)C(=O)NC1CCc2ccccc2N(Cc2c(OC)ccc3cc(Br)ccc23)C1=O. The second-order valence-electron chi connectivity index (χ2n) is 10.0. The van der Waals surface area contributed by atoms with Gasteiger partial charge < -0.3 is 20.3 Å². The number of amides is 2. The molecule has 1 saturated carbocycles. The summed E-state index contributed by atoms with van der Waals surface area (Å²) in [5, 5.41) is 8.68. The summed E-state index contributed by atoms with van der Waals surface area (Å²) in [7, 11) is 1.66. The zero-order valence-electron chi connectivity index (χ0n) is 21.4. The number of para-hydroxylation sites is 1.